The molecule has 24 heavy (non-hydrogen) atoms. The second-order valence-corrected chi connectivity index (χ2v) is 5.48. The summed E-state index contributed by atoms with van der Waals surface area (Å²) in [4.78, 5) is 13.1. The highest BCUT2D eigenvalue weighted by molar-refractivity contribution is 5.73. The number of nitrogens with zero attached hydrogens (tertiary/aromatic N) is 5. The van der Waals surface area contributed by atoms with Crippen LogP contribution in [-0.2, 0) is 6.42 Å². The van der Waals surface area contributed by atoms with Crippen LogP contribution in [0.1, 0.15) is 12.5 Å². The zero-order chi connectivity index (χ0) is 16.5. The number of rotatable bonds is 3. The summed E-state index contributed by atoms with van der Waals surface area (Å²) in [6.45, 7) is 2.11. The third-order valence-corrected chi connectivity index (χ3v) is 3.95. The van der Waals surface area contributed by atoms with Gasteiger partial charge in [-0.25, -0.2) is 4.98 Å². The Labute approximate surface area is 139 Å². The molecule has 6 nitrogen and oxygen atoms in total. The maximum Gasteiger partial charge on any atom is 0.200 e. The highest BCUT2D eigenvalue weighted by atomic mass is 15.3. The van der Waals surface area contributed by atoms with Crippen molar-refractivity contribution in [2.75, 3.05) is 5.73 Å². The molecule has 0 aliphatic carbocycles. The maximum atomic E-state index is 6.20. The first-order chi connectivity index (χ1) is 11.8. The van der Waals surface area contributed by atoms with Crippen molar-refractivity contribution in [1.29, 1.82) is 0 Å². The summed E-state index contributed by atoms with van der Waals surface area (Å²) < 4.78 is 1.64. The lowest BCUT2D eigenvalue weighted by Gasteiger charge is -2.08. The molecular formula is C18H16N6. The lowest BCUT2D eigenvalue weighted by molar-refractivity contribution is 0.974. The molecule has 4 heterocycles. The van der Waals surface area contributed by atoms with Crippen molar-refractivity contribution in [1.82, 2.24) is 24.6 Å². The van der Waals surface area contributed by atoms with E-state index in [9.17, 15) is 0 Å². The van der Waals surface area contributed by atoms with Crippen LogP contribution in [0.3, 0.4) is 0 Å². The third kappa shape index (κ3) is 2.38. The van der Waals surface area contributed by atoms with Gasteiger partial charge < -0.3 is 5.73 Å². The minimum atomic E-state index is 0.538. The molecule has 2 N–H and O–H groups in total. The van der Waals surface area contributed by atoms with Crippen molar-refractivity contribution in [3.63, 3.8) is 0 Å². The summed E-state index contributed by atoms with van der Waals surface area (Å²) in [5, 5.41) is 4.47. The van der Waals surface area contributed by atoms with E-state index in [4.69, 9.17) is 5.73 Å². The Morgan fingerprint density at radius 1 is 1.12 bits per heavy atom. The fourth-order valence-corrected chi connectivity index (χ4v) is 2.76. The number of hydrogen-bond donors (Lipinski definition) is 1. The second-order valence-electron chi connectivity index (χ2n) is 5.48. The van der Waals surface area contributed by atoms with Crippen molar-refractivity contribution in [2.24, 2.45) is 0 Å². The molecule has 0 atom stereocenters. The molecule has 4 rings (SSSR count). The van der Waals surface area contributed by atoms with Crippen LogP contribution in [-0.4, -0.2) is 24.6 Å². The smallest absolute Gasteiger partial charge is 0.200 e. The Hall–Kier alpha value is -3.28. The average Bonchev–Trinajstić information content (AvgIpc) is 3.07. The highest BCUT2D eigenvalue weighted by Gasteiger charge is 2.12. The summed E-state index contributed by atoms with van der Waals surface area (Å²) in [6, 6.07) is 11.6. The molecule has 0 aliphatic heterocycles. The molecule has 6 heteroatoms. The van der Waals surface area contributed by atoms with E-state index < -0.39 is 0 Å². The van der Waals surface area contributed by atoms with Gasteiger partial charge in [-0.2, -0.15) is 4.52 Å². The number of aromatic nitrogens is 5. The van der Waals surface area contributed by atoms with Crippen LogP contribution in [0.15, 0.2) is 55.0 Å². The molecular weight excluding hydrogens is 300 g/mol. The number of fused-ring (bicyclic) bond motifs is 1. The number of aryl methyl sites for hydroxylation is 1. The van der Waals surface area contributed by atoms with Gasteiger partial charge in [0.25, 0.3) is 0 Å². The Kier molecular flexibility index (Phi) is 3.42. The van der Waals surface area contributed by atoms with Crippen molar-refractivity contribution < 1.29 is 0 Å². The van der Waals surface area contributed by atoms with Crippen molar-refractivity contribution in [3.8, 4) is 22.6 Å². The second kappa shape index (κ2) is 5.73. The van der Waals surface area contributed by atoms with Gasteiger partial charge in [0.2, 0.25) is 5.82 Å². The number of nitrogen functional groups attached to an aromatic ring is 1. The SMILES string of the molecule is CCc1cnccc1-c1cc(N)n2nc(-c3ccccn3)nc2c1. The average molecular weight is 316 g/mol. The first-order valence-electron chi connectivity index (χ1n) is 7.77. The fraction of sp³-hybridized carbons (Fsp3) is 0.111. The lowest BCUT2D eigenvalue weighted by atomic mass is 10.0. The Balaban J connectivity index is 1.88. The molecule has 118 valence electrons. The summed E-state index contributed by atoms with van der Waals surface area (Å²) in [7, 11) is 0. The van der Waals surface area contributed by atoms with Crippen LogP contribution in [0.5, 0.6) is 0 Å². The van der Waals surface area contributed by atoms with Gasteiger partial charge in [-0.05, 0) is 53.4 Å². The van der Waals surface area contributed by atoms with E-state index in [1.165, 1.54) is 5.56 Å². The molecule has 0 unspecified atom stereocenters. The molecule has 0 fully saturated rings. The molecule has 0 saturated carbocycles. The molecule has 0 aliphatic rings. The largest absolute Gasteiger partial charge is 0.384 e. The number of nitrogens with two attached hydrogens (primary N) is 1. The first-order valence-corrected chi connectivity index (χ1v) is 7.77. The van der Waals surface area contributed by atoms with Gasteiger partial charge in [0.1, 0.15) is 11.5 Å². The fourth-order valence-electron chi connectivity index (χ4n) is 2.76. The van der Waals surface area contributed by atoms with Crippen molar-refractivity contribution in [3.05, 3.63) is 60.6 Å². The zero-order valence-corrected chi connectivity index (χ0v) is 13.2. The van der Waals surface area contributed by atoms with Crippen LogP contribution in [0.4, 0.5) is 5.82 Å². The molecule has 0 amide bonds. The number of hydrogen-bond acceptors (Lipinski definition) is 5. The van der Waals surface area contributed by atoms with Crippen LogP contribution in [0.25, 0.3) is 28.3 Å². The molecule has 0 saturated heterocycles. The van der Waals surface area contributed by atoms with E-state index in [2.05, 4.69) is 27.0 Å². The van der Waals surface area contributed by atoms with E-state index in [0.29, 0.717) is 17.3 Å². The highest BCUT2D eigenvalue weighted by Crippen LogP contribution is 2.27. The van der Waals surface area contributed by atoms with E-state index >= 15 is 0 Å². The van der Waals surface area contributed by atoms with Crippen LogP contribution in [0, 0.1) is 0 Å². The van der Waals surface area contributed by atoms with Gasteiger partial charge in [0.15, 0.2) is 5.65 Å². The molecule has 4 aromatic heterocycles. The molecule has 0 radical (unpaired) electrons. The zero-order valence-electron chi connectivity index (χ0n) is 13.2. The third-order valence-electron chi connectivity index (χ3n) is 3.95. The first kappa shape index (κ1) is 14.3. The Morgan fingerprint density at radius 3 is 2.83 bits per heavy atom. The van der Waals surface area contributed by atoms with E-state index in [-0.39, 0.29) is 0 Å². The predicted octanol–water partition coefficient (Wildman–Crippen LogP) is 3.00. The molecule has 0 bridgehead atoms. The van der Waals surface area contributed by atoms with Gasteiger partial charge in [0, 0.05) is 18.6 Å². The standard InChI is InChI=1S/C18H16N6/c1-2-12-11-20-8-6-14(12)13-9-16(19)24-17(10-13)22-18(23-24)15-5-3-4-7-21-15/h3-11H,2,19H2,1H3. The van der Waals surface area contributed by atoms with Gasteiger partial charge in [0.05, 0.1) is 0 Å². The van der Waals surface area contributed by atoms with Gasteiger partial charge in [-0.3, -0.25) is 9.97 Å². The van der Waals surface area contributed by atoms with Crippen LogP contribution in [0.2, 0.25) is 0 Å². The van der Waals surface area contributed by atoms with Crippen LogP contribution >= 0.6 is 0 Å². The molecule has 4 aromatic rings. The maximum absolute atomic E-state index is 6.20. The quantitative estimate of drug-likeness (QED) is 0.628. The Morgan fingerprint density at radius 2 is 2.04 bits per heavy atom. The topological polar surface area (TPSA) is 82.0 Å². The number of pyridine rings is 3. The van der Waals surface area contributed by atoms with Gasteiger partial charge >= 0.3 is 0 Å². The van der Waals surface area contributed by atoms with Crippen molar-refractivity contribution >= 4 is 11.5 Å². The van der Waals surface area contributed by atoms with E-state index in [1.807, 2.05) is 42.6 Å². The molecule has 0 spiro atoms. The monoisotopic (exact) mass is 316 g/mol. The minimum Gasteiger partial charge on any atom is -0.384 e. The summed E-state index contributed by atoms with van der Waals surface area (Å²) >= 11 is 0. The van der Waals surface area contributed by atoms with E-state index in [1.54, 1.807) is 16.9 Å². The predicted molar refractivity (Wildman–Crippen MR) is 93.2 cm³/mol. The lowest BCUT2D eigenvalue weighted by Crippen LogP contribution is -2.00. The van der Waals surface area contributed by atoms with Crippen molar-refractivity contribution in [2.45, 2.75) is 13.3 Å². The van der Waals surface area contributed by atoms with Crippen LogP contribution < -0.4 is 5.73 Å². The summed E-state index contributed by atoms with van der Waals surface area (Å²) in [6.07, 6.45) is 6.30. The van der Waals surface area contributed by atoms with Gasteiger partial charge in [-0.1, -0.05) is 13.0 Å². The normalized spacial score (nSPS) is 11.0. The molecule has 0 aromatic carbocycles. The minimum absolute atomic E-state index is 0.538. The number of anilines is 1. The Bertz CT molecular complexity index is 1010. The van der Waals surface area contributed by atoms with E-state index in [0.717, 1.165) is 23.2 Å². The van der Waals surface area contributed by atoms with Gasteiger partial charge in [-0.15, -0.1) is 5.10 Å². The summed E-state index contributed by atoms with van der Waals surface area (Å²) in [5.74, 6) is 1.10. The summed E-state index contributed by atoms with van der Waals surface area (Å²) in [5.41, 5.74) is 10.9.